The van der Waals surface area contributed by atoms with Gasteiger partial charge in [0.15, 0.2) is 7.38 Å². The maximum atomic E-state index is 6.35. The standard InChI is InChI=1S/C9H15ClSi/c1-7-5-8(2)9(6-7)11(3,4)10/h5-6,9H,1-4H3. The smallest absolute Gasteiger partial charge is 0.161 e. The summed E-state index contributed by atoms with van der Waals surface area (Å²) in [6, 6.07) is 0. The first kappa shape index (κ1) is 9.08. The lowest BCUT2D eigenvalue weighted by Crippen LogP contribution is -2.23. The van der Waals surface area contributed by atoms with Gasteiger partial charge >= 0.3 is 0 Å². The predicted octanol–water partition coefficient (Wildman–Crippen LogP) is 3.71. The van der Waals surface area contributed by atoms with Crippen LogP contribution in [0.25, 0.3) is 0 Å². The van der Waals surface area contributed by atoms with E-state index in [-0.39, 0.29) is 0 Å². The molecule has 11 heavy (non-hydrogen) atoms. The van der Waals surface area contributed by atoms with Gasteiger partial charge < -0.3 is 0 Å². The maximum absolute atomic E-state index is 6.35. The Labute approximate surface area is 74.7 Å². The second kappa shape index (κ2) is 2.80. The maximum Gasteiger partial charge on any atom is 0.161 e. The van der Waals surface area contributed by atoms with Crippen molar-refractivity contribution in [3.63, 3.8) is 0 Å². The highest BCUT2D eigenvalue weighted by Crippen LogP contribution is 2.38. The van der Waals surface area contributed by atoms with Crippen molar-refractivity contribution in [3.8, 4) is 0 Å². The highest BCUT2D eigenvalue weighted by Gasteiger charge is 2.31. The minimum atomic E-state index is -1.50. The van der Waals surface area contributed by atoms with Crippen LogP contribution in [0.5, 0.6) is 0 Å². The SMILES string of the molecule is CC1=CC([Si](C)(C)Cl)C(C)=C1. The summed E-state index contributed by atoms with van der Waals surface area (Å²) in [4.78, 5) is 0. The van der Waals surface area contributed by atoms with Crippen molar-refractivity contribution in [2.45, 2.75) is 32.5 Å². The van der Waals surface area contributed by atoms with Gasteiger partial charge in [0.05, 0.1) is 0 Å². The molecule has 0 radical (unpaired) electrons. The number of hydrogen-bond acceptors (Lipinski definition) is 0. The van der Waals surface area contributed by atoms with Crippen LogP contribution in [0.2, 0.25) is 18.6 Å². The van der Waals surface area contributed by atoms with Gasteiger partial charge in [-0.1, -0.05) is 36.4 Å². The summed E-state index contributed by atoms with van der Waals surface area (Å²) < 4.78 is 0. The molecule has 62 valence electrons. The third-order valence-corrected chi connectivity index (χ3v) is 4.92. The molecule has 0 spiro atoms. The molecule has 1 rings (SSSR count). The van der Waals surface area contributed by atoms with Gasteiger partial charge in [-0.25, -0.2) is 0 Å². The van der Waals surface area contributed by atoms with Gasteiger partial charge in [0.1, 0.15) is 0 Å². The average molecular weight is 187 g/mol. The van der Waals surface area contributed by atoms with Crippen molar-refractivity contribution in [2.24, 2.45) is 0 Å². The van der Waals surface area contributed by atoms with E-state index in [1.165, 1.54) is 11.1 Å². The molecule has 1 aliphatic rings. The van der Waals surface area contributed by atoms with Crippen LogP contribution in [0, 0.1) is 0 Å². The van der Waals surface area contributed by atoms with E-state index >= 15 is 0 Å². The van der Waals surface area contributed by atoms with Crippen LogP contribution in [-0.2, 0) is 0 Å². The molecular formula is C9H15ClSi. The first-order chi connectivity index (χ1) is 4.91. The first-order valence-electron chi connectivity index (χ1n) is 3.97. The van der Waals surface area contributed by atoms with Gasteiger partial charge in [-0.3, -0.25) is 0 Å². The highest BCUT2D eigenvalue weighted by molar-refractivity contribution is 7.20. The minimum Gasteiger partial charge on any atom is -0.167 e. The number of rotatable bonds is 1. The lowest BCUT2D eigenvalue weighted by molar-refractivity contribution is 1.19. The molecule has 0 heterocycles. The van der Waals surface area contributed by atoms with Crippen LogP contribution in [-0.4, -0.2) is 7.38 Å². The zero-order valence-electron chi connectivity index (χ0n) is 7.61. The molecule has 0 saturated heterocycles. The molecule has 0 nitrogen and oxygen atoms in total. The topological polar surface area (TPSA) is 0 Å². The summed E-state index contributed by atoms with van der Waals surface area (Å²) in [5.41, 5.74) is 3.37. The van der Waals surface area contributed by atoms with Gasteiger partial charge in [0, 0.05) is 5.54 Å². The van der Waals surface area contributed by atoms with Gasteiger partial charge in [0.25, 0.3) is 0 Å². The summed E-state index contributed by atoms with van der Waals surface area (Å²) >= 11 is 6.35. The van der Waals surface area contributed by atoms with Crippen molar-refractivity contribution in [3.05, 3.63) is 23.3 Å². The Morgan fingerprint density at radius 2 is 1.91 bits per heavy atom. The molecule has 0 bridgehead atoms. The molecule has 2 heteroatoms. The van der Waals surface area contributed by atoms with E-state index in [0.717, 1.165) is 0 Å². The van der Waals surface area contributed by atoms with Crippen molar-refractivity contribution < 1.29 is 0 Å². The lowest BCUT2D eigenvalue weighted by Gasteiger charge is -2.21. The zero-order valence-corrected chi connectivity index (χ0v) is 9.37. The fraction of sp³-hybridized carbons (Fsp3) is 0.556. The van der Waals surface area contributed by atoms with Gasteiger partial charge in [-0.15, -0.1) is 0 Å². The molecule has 0 N–H and O–H groups in total. The largest absolute Gasteiger partial charge is 0.167 e. The Balaban J connectivity index is 2.86. The molecule has 1 atom stereocenters. The Hall–Kier alpha value is -0.0131. The lowest BCUT2D eigenvalue weighted by atomic mass is 10.3. The number of hydrogen-bond donors (Lipinski definition) is 0. The van der Waals surface area contributed by atoms with Crippen LogP contribution in [0.1, 0.15) is 13.8 Å². The Kier molecular flexibility index (Phi) is 2.31. The Bertz CT molecular complexity index is 220. The van der Waals surface area contributed by atoms with E-state index in [0.29, 0.717) is 5.54 Å². The van der Waals surface area contributed by atoms with Gasteiger partial charge in [0.2, 0.25) is 0 Å². The molecule has 0 aromatic rings. The van der Waals surface area contributed by atoms with E-state index in [1.54, 1.807) is 0 Å². The van der Waals surface area contributed by atoms with E-state index in [2.05, 4.69) is 39.1 Å². The molecule has 0 amide bonds. The second-order valence-electron chi connectivity index (χ2n) is 3.84. The summed E-state index contributed by atoms with van der Waals surface area (Å²) in [7, 11) is -1.50. The Morgan fingerprint density at radius 1 is 1.36 bits per heavy atom. The van der Waals surface area contributed by atoms with E-state index in [4.69, 9.17) is 11.1 Å². The fourth-order valence-electron chi connectivity index (χ4n) is 1.63. The van der Waals surface area contributed by atoms with Crippen molar-refractivity contribution in [1.82, 2.24) is 0 Å². The first-order valence-corrected chi connectivity index (χ1v) is 8.05. The van der Waals surface area contributed by atoms with Crippen LogP contribution >= 0.6 is 11.1 Å². The normalized spacial score (nSPS) is 25.0. The van der Waals surface area contributed by atoms with Crippen LogP contribution < -0.4 is 0 Å². The van der Waals surface area contributed by atoms with Crippen molar-refractivity contribution >= 4 is 18.5 Å². The summed E-state index contributed by atoms with van der Waals surface area (Å²) in [5, 5.41) is 0. The second-order valence-corrected chi connectivity index (χ2v) is 10.5. The molecular weight excluding hydrogens is 172 g/mol. The summed E-state index contributed by atoms with van der Waals surface area (Å²) in [6.45, 7) is 8.71. The molecule has 0 aromatic heterocycles. The third kappa shape index (κ3) is 1.97. The highest BCUT2D eigenvalue weighted by atomic mass is 35.6. The van der Waals surface area contributed by atoms with Crippen molar-refractivity contribution in [2.75, 3.05) is 0 Å². The van der Waals surface area contributed by atoms with Crippen LogP contribution in [0.4, 0.5) is 0 Å². The molecule has 1 unspecified atom stereocenters. The molecule has 0 aromatic carbocycles. The van der Waals surface area contributed by atoms with E-state index in [1.807, 2.05) is 0 Å². The minimum absolute atomic E-state index is 0.559. The quantitative estimate of drug-likeness (QED) is 0.433. The van der Waals surface area contributed by atoms with Crippen molar-refractivity contribution in [1.29, 1.82) is 0 Å². The number of halogens is 1. The van der Waals surface area contributed by atoms with Crippen LogP contribution in [0.3, 0.4) is 0 Å². The van der Waals surface area contributed by atoms with Gasteiger partial charge in [-0.05, 0) is 13.8 Å². The molecule has 0 fully saturated rings. The van der Waals surface area contributed by atoms with E-state index in [9.17, 15) is 0 Å². The monoisotopic (exact) mass is 186 g/mol. The summed E-state index contributed by atoms with van der Waals surface area (Å²) in [6.07, 6.45) is 4.54. The fourth-order valence-corrected chi connectivity index (χ4v) is 4.16. The molecule has 0 aliphatic heterocycles. The van der Waals surface area contributed by atoms with Crippen LogP contribution in [0.15, 0.2) is 23.3 Å². The zero-order chi connectivity index (χ0) is 8.65. The van der Waals surface area contributed by atoms with Gasteiger partial charge in [-0.2, -0.15) is 11.1 Å². The van der Waals surface area contributed by atoms with E-state index < -0.39 is 7.38 Å². The Morgan fingerprint density at radius 3 is 2.09 bits per heavy atom. The molecule has 0 saturated carbocycles. The summed E-state index contributed by atoms with van der Waals surface area (Å²) in [5.74, 6) is 0. The predicted molar refractivity (Wildman–Crippen MR) is 54.6 cm³/mol. The molecule has 1 aliphatic carbocycles. The number of allylic oxidation sites excluding steroid dienone is 4. The average Bonchev–Trinajstić information content (AvgIpc) is 2.08. The third-order valence-electron chi connectivity index (χ3n) is 2.12.